The normalized spacial score (nSPS) is 15.9. The van der Waals surface area contributed by atoms with E-state index >= 15 is 0 Å². The Morgan fingerprint density at radius 1 is 0.943 bits per heavy atom. The molecule has 0 radical (unpaired) electrons. The van der Waals surface area contributed by atoms with Crippen molar-refractivity contribution in [2.75, 3.05) is 13.1 Å². The molecule has 5 rings (SSSR count). The van der Waals surface area contributed by atoms with E-state index in [2.05, 4.69) is 46.3 Å². The second-order valence-electron chi connectivity index (χ2n) is 9.41. The zero-order chi connectivity index (χ0) is 24.2. The van der Waals surface area contributed by atoms with Gasteiger partial charge in [-0.05, 0) is 65.6 Å². The van der Waals surface area contributed by atoms with Crippen LogP contribution in [0.25, 0.3) is 10.8 Å². The lowest BCUT2D eigenvalue weighted by molar-refractivity contribution is 0.0696. The van der Waals surface area contributed by atoms with Gasteiger partial charge in [-0.25, -0.2) is 4.79 Å². The molecule has 1 fully saturated rings. The number of carboxylic acids is 1. The molecule has 1 atom stereocenters. The summed E-state index contributed by atoms with van der Waals surface area (Å²) in [5, 5.41) is 11.5. The van der Waals surface area contributed by atoms with Crippen LogP contribution < -0.4 is 0 Å². The van der Waals surface area contributed by atoms with Crippen LogP contribution in [-0.4, -0.2) is 39.8 Å². The summed E-state index contributed by atoms with van der Waals surface area (Å²) in [6.45, 7) is 3.03. The maximum atomic E-state index is 12.7. The zero-order valence-electron chi connectivity index (χ0n) is 19.6. The van der Waals surface area contributed by atoms with Crippen LogP contribution in [-0.2, 0) is 19.4 Å². The monoisotopic (exact) mass is 464 g/mol. The predicted octanol–water partition coefficient (Wildman–Crippen LogP) is 5.42. The van der Waals surface area contributed by atoms with Gasteiger partial charge in [-0.3, -0.25) is 14.7 Å². The first kappa shape index (κ1) is 22.9. The third kappa shape index (κ3) is 5.47. The number of hydrogen-bond acceptors (Lipinski definition) is 4. The van der Waals surface area contributed by atoms with Crippen LogP contribution >= 0.6 is 0 Å². The van der Waals surface area contributed by atoms with Crippen LogP contribution in [0.5, 0.6) is 0 Å². The predicted molar refractivity (Wildman–Crippen MR) is 137 cm³/mol. The maximum absolute atomic E-state index is 12.7. The fraction of sp³-hybridized carbons (Fsp3) is 0.233. The van der Waals surface area contributed by atoms with Crippen molar-refractivity contribution in [2.45, 2.75) is 25.8 Å². The molecule has 1 saturated heterocycles. The third-order valence-electron chi connectivity index (χ3n) is 6.87. The third-order valence-corrected chi connectivity index (χ3v) is 6.87. The molecule has 35 heavy (non-hydrogen) atoms. The molecule has 5 nitrogen and oxygen atoms in total. The highest BCUT2D eigenvalue weighted by atomic mass is 16.4. The Morgan fingerprint density at radius 2 is 1.71 bits per heavy atom. The highest BCUT2D eigenvalue weighted by molar-refractivity contribution is 5.98. The van der Waals surface area contributed by atoms with Crippen LogP contribution in [0.1, 0.15) is 43.8 Å². The molecule has 1 aliphatic rings. The van der Waals surface area contributed by atoms with E-state index in [-0.39, 0.29) is 11.3 Å². The Hall–Kier alpha value is -3.83. The Balaban J connectivity index is 1.19. The van der Waals surface area contributed by atoms with Gasteiger partial charge < -0.3 is 5.11 Å². The van der Waals surface area contributed by atoms with Gasteiger partial charge in [0.05, 0.1) is 5.56 Å². The number of fused-ring (bicyclic) bond motifs is 1. The van der Waals surface area contributed by atoms with E-state index in [1.54, 1.807) is 12.1 Å². The lowest BCUT2D eigenvalue weighted by atomic mass is 9.95. The topological polar surface area (TPSA) is 70.5 Å². The molecule has 0 bridgehead atoms. The first-order chi connectivity index (χ1) is 17.0. The number of carbonyl (C=O) groups excluding carboxylic acids is 1. The van der Waals surface area contributed by atoms with Gasteiger partial charge in [0, 0.05) is 42.9 Å². The molecule has 1 N–H and O–H groups in total. The van der Waals surface area contributed by atoms with Crippen molar-refractivity contribution in [3.05, 3.63) is 113 Å². The molecular formula is C30H28N2O3. The van der Waals surface area contributed by atoms with Crippen molar-refractivity contribution in [1.82, 2.24) is 9.88 Å². The summed E-state index contributed by atoms with van der Waals surface area (Å²) in [5.41, 5.74) is 4.31. The fourth-order valence-corrected chi connectivity index (χ4v) is 5.08. The number of rotatable bonds is 8. The van der Waals surface area contributed by atoms with Crippen molar-refractivity contribution >= 4 is 22.5 Å². The van der Waals surface area contributed by atoms with Crippen LogP contribution in [0, 0.1) is 5.92 Å². The van der Waals surface area contributed by atoms with E-state index in [4.69, 9.17) is 5.11 Å². The molecule has 176 valence electrons. The summed E-state index contributed by atoms with van der Waals surface area (Å²) in [6, 6.07) is 23.0. The number of carbonyl (C=O) groups is 2. The van der Waals surface area contributed by atoms with Gasteiger partial charge in [0.25, 0.3) is 0 Å². The lowest BCUT2D eigenvalue weighted by Gasteiger charge is -2.17. The van der Waals surface area contributed by atoms with Crippen molar-refractivity contribution in [2.24, 2.45) is 5.92 Å². The minimum atomic E-state index is -0.990. The quantitative estimate of drug-likeness (QED) is 0.353. The van der Waals surface area contributed by atoms with Crippen molar-refractivity contribution in [3.63, 3.8) is 0 Å². The largest absolute Gasteiger partial charge is 0.478 e. The minimum Gasteiger partial charge on any atom is -0.478 e. The molecule has 2 heterocycles. The van der Waals surface area contributed by atoms with E-state index < -0.39 is 5.97 Å². The number of hydrogen-bond donors (Lipinski definition) is 1. The van der Waals surface area contributed by atoms with Gasteiger partial charge in [-0.1, -0.05) is 54.6 Å². The van der Waals surface area contributed by atoms with E-state index in [1.807, 2.05) is 24.5 Å². The molecule has 5 heteroatoms. The lowest BCUT2D eigenvalue weighted by Crippen LogP contribution is -2.20. The first-order valence-electron chi connectivity index (χ1n) is 12.0. The molecule has 4 aromatic rings. The second kappa shape index (κ2) is 10.2. The Morgan fingerprint density at radius 3 is 2.54 bits per heavy atom. The number of pyridine rings is 1. The highest BCUT2D eigenvalue weighted by Gasteiger charge is 2.23. The number of carboxylic acid groups (broad SMARTS) is 1. The van der Waals surface area contributed by atoms with Crippen molar-refractivity contribution in [1.29, 1.82) is 0 Å². The molecule has 0 spiro atoms. The molecule has 0 amide bonds. The van der Waals surface area contributed by atoms with E-state index in [0.29, 0.717) is 17.9 Å². The van der Waals surface area contributed by atoms with Crippen LogP contribution in [0.4, 0.5) is 0 Å². The number of likely N-dealkylation sites (tertiary alicyclic amines) is 1. The molecule has 1 unspecified atom stereocenters. The second-order valence-corrected chi connectivity index (χ2v) is 9.41. The van der Waals surface area contributed by atoms with Gasteiger partial charge in [-0.15, -0.1) is 0 Å². The van der Waals surface area contributed by atoms with Crippen LogP contribution in [0.2, 0.25) is 0 Å². The average molecular weight is 465 g/mol. The smallest absolute Gasteiger partial charge is 0.335 e. The standard InChI is InChI=1S/C30H28N2O3/c33-29(24-7-9-25(10-8-24)30(34)35)17-21-3-1-4-22(15-21)19-32-14-12-23(20-32)16-26-5-2-6-27-18-31-13-11-28(26)27/h1-11,13,15,18,23H,12,14,16-17,19-20H2,(H,34,35). The fourth-order valence-electron chi connectivity index (χ4n) is 5.08. The van der Waals surface area contributed by atoms with Crippen molar-refractivity contribution < 1.29 is 14.7 Å². The molecule has 1 aromatic heterocycles. The average Bonchev–Trinajstić information content (AvgIpc) is 3.31. The van der Waals surface area contributed by atoms with E-state index in [0.717, 1.165) is 31.6 Å². The number of Topliss-reactive ketones (excluding diaryl/α,β-unsaturated/α-hetero) is 1. The summed E-state index contributed by atoms with van der Waals surface area (Å²) < 4.78 is 0. The Kier molecular flexibility index (Phi) is 6.68. The summed E-state index contributed by atoms with van der Waals surface area (Å²) in [6.07, 6.45) is 6.37. The minimum absolute atomic E-state index is 0.00869. The number of ketones is 1. The van der Waals surface area contributed by atoms with Crippen LogP contribution in [0.3, 0.4) is 0 Å². The first-order valence-corrected chi connectivity index (χ1v) is 12.0. The van der Waals surface area contributed by atoms with Gasteiger partial charge in [-0.2, -0.15) is 0 Å². The van der Waals surface area contributed by atoms with Gasteiger partial charge >= 0.3 is 5.97 Å². The highest BCUT2D eigenvalue weighted by Crippen LogP contribution is 2.26. The summed E-state index contributed by atoms with van der Waals surface area (Å²) in [4.78, 5) is 30.5. The van der Waals surface area contributed by atoms with Gasteiger partial charge in [0.15, 0.2) is 5.78 Å². The zero-order valence-corrected chi connectivity index (χ0v) is 19.6. The van der Waals surface area contributed by atoms with E-state index in [1.165, 1.54) is 40.5 Å². The summed E-state index contributed by atoms with van der Waals surface area (Å²) >= 11 is 0. The van der Waals surface area contributed by atoms with Crippen LogP contribution in [0.15, 0.2) is 85.2 Å². The number of aromatic nitrogens is 1. The van der Waals surface area contributed by atoms with Gasteiger partial charge in [0.2, 0.25) is 0 Å². The number of benzene rings is 3. The Bertz CT molecular complexity index is 1360. The maximum Gasteiger partial charge on any atom is 0.335 e. The molecular weight excluding hydrogens is 436 g/mol. The molecule has 0 aliphatic carbocycles. The van der Waals surface area contributed by atoms with E-state index in [9.17, 15) is 9.59 Å². The van der Waals surface area contributed by atoms with Gasteiger partial charge in [0.1, 0.15) is 0 Å². The molecule has 3 aromatic carbocycles. The molecule has 0 saturated carbocycles. The summed E-state index contributed by atoms with van der Waals surface area (Å²) in [5.74, 6) is -0.367. The SMILES string of the molecule is O=C(O)c1ccc(C(=O)Cc2cccc(CN3CCC(Cc4cccc5cnccc45)C3)c2)cc1. The number of nitrogens with zero attached hydrogens (tertiary/aromatic N) is 2. The van der Waals surface area contributed by atoms with Crippen molar-refractivity contribution in [3.8, 4) is 0 Å². The Labute approximate surface area is 205 Å². The summed E-state index contributed by atoms with van der Waals surface area (Å²) in [7, 11) is 0. The molecule has 1 aliphatic heterocycles. The number of aromatic carboxylic acids is 1.